The Kier molecular flexibility index (Phi) is 6.87. The fourth-order valence-corrected chi connectivity index (χ4v) is 6.52. The van der Waals surface area contributed by atoms with Gasteiger partial charge in [-0.3, -0.25) is 9.59 Å². The van der Waals surface area contributed by atoms with Gasteiger partial charge in [-0.15, -0.1) is 34.5 Å². The average molecular weight is 600 g/mol. The summed E-state index contributed by atoms with van der Waals surface area (Å²) in [5, 5.41) is 7.63. The molecule has 0 aliphatic heterocycles. The number of amides is 2. The molecule has 184 valence electrons. The summed E-state index contributed by atoms with van der Waals surface area (Å²) in [4.78, 5) is 30.5. The largest absolute Gasteiger partial charge is 0.326 e. The minimum Gasteiger partial charge on any atom is -0.326 e. The molecule has 5 nitrogen and oxygen atoms in total. The van der Waals surface area contributed by atoms with Gasteiger partial charge in [-0.2, -0.15) is 0 Å². The van der Waals surface area contributed by atoms with Gasteiger partial charge in [0, 0.05) is 27.3 Å². The highest BCUT2D eigenvalue weighted by Crippen LogP contribution is 2.65. The molecule has 0 unspecified atom stereocenters. The summed E-state index contributed by atoms with van der Waals surface area (Å²) in [5.41, 5.74) is 2.62. The lowest BCUT2D eigenvalue weighted by molar-refractivity contribution is -0.117. The van der Waals surface area contributed by atoms with Gasteiger partial charge in [0.15, 0.2) is 0 Å². The molecule has 2 atom stereocenters. The highest BCUT2D eigenvalue weighted by molar-refractivity contribution is 7.18. The van der Waals surface area contributed by atoms with Gasteiger partial charge in [0.25, 0.3) is 5.91 Å². The van der Waals surface area contributed by atoms with Crippen molar-refractivity contribution < 1.29 is 9.59 Å². The Morgan fingerprint density at radius 1 is 0.917 bits per heavy atom. The van der Waals surface area contributed by atoms with E-state index in [9.17, 15) is 9.59 Å². The first-order valence-corrected chi connectivity index (χ1v) is 13.4. The Labute approximate surface area is 235 Å². The van der Waals surface area contributed by atoms with Crippen LogP contribution in [0.25, 0.3) is 10.2 Å². The maximum absolute atomic E-state index is 13.0. The minimum absolute atomic E-state index is 0.195. The number of hydrogen-bond donors (Lipinski definition) is 2. The smallest absolute Gasteiger partial charge is 0.257 e. The van der Waals surface area contributed by atoms with Crippen LogP contribution in [-0.4, -0.2) is 21.1 Å². The number of nitrogens with one attached hydrogen (secondary N) is 2. The summed E-state index contributed by atoms with van der Waals surface area (Å²) < 4.78 is -0.293. The standard InChI is InChI=1S/C25H16Cl5N3O2S/c1-11-31-19-10-16(3-5-20(19)36-11)32-23(34)17-9-15(2-4-18(17)28)33-24(35)22-21(25(22,29)30)12-6-13(26)8-14(27)7-12/h2-10,21-22H,1H3,(H,32,34)(H,33,35)/t21-,22+/m1/s1. The van der Waals surface area contributed by atoms with Crippen molar-refractivity contribution in [1.82, 2.24) is 4.98 Å². The van der Waals surface area contributed by atoms with Crippen LogP contribution < -0.4 is 10.6 Å². The van der Waals surface area contributed by atoms with Gasteiger partial charge in [-0.25, -0.2) is 4.98 Å². The number of alkyl halides is 2. The van der Waals surface area contributed by atoms with E-state index in [2.05, 4.69) is 15.6 Å². The molecule has 0 saturated heterocycles. The van der Waals surface area contributed by atoms with E-state index in [1.54, 1.807) is 47.7 Å². The summed E-state index contributed by atoms with van der Waals surface area (Å²) in [5.74, 6) is -2.06. The number of carbonyl (C=O) groups excluding carboxylic acids is 2. The van der Waals surface area contributed by atoms with Crippen LogP contribution in [0, 0.1) is 12.8 Å². The molecule has 0 radical (unpaired) electrons. The molecule has 4 aromatic rings. The van der Waals surface area contributed by atoms with Gasteiger partial charge in [0.05, 0.1) is 31.7 Å². The highest BCUT2D eigenvalue weighted by atomic mass is 35.5. The molecule has 2 amide bonds. The molecule has 1 fully saturated rings. The van der Waals surface area contributed by atoms with Gasteiger partial charge in [0.1, 0.15) is 4.33 Å². The molecule has 1 saturated carbocycles. The summed E-state index contributed by atoms with van der Waals surface area (Å²) in [6, 6.07) is 15.1. The molecule has 5 rings (SSSR count). The molecule has 1 aliphatic carbocycles. The number of rotatable bonds is 5. The second-order valence-corrected chi connectivity index (χ2v) is 12.3. The maximum atomic E-state index is 13.0. The number of aromatic nitrogens is 1. The van der Waals surface area contributed by atoms with Crippen molar-refractivity contribution in [3.8, 4) is 0 Å². The summed E-state index contributed by atoms with van der Waals surface area (Å²) in [6.45, 7) is 1.93. The molecule has 0 bridgehead atoms. The van der Waals surface area contributed by atoms with E-state index in [0.29, 0.717) is 27.0 Å². The fourth-order valence-electron chi connectivity index (χ4n) is 4.14. The molecule has 3 aromatic carbocycles. The zero-order valence-corrected chi connectivity index (χ0v) is 23.0. The Bertz CT molecular complexity index is 1520. The molecular weight excluding hydrogens is 584 g/mol. The van der Waals surface area contributed by atoms with Gasteiger partial charge in [-0.1, -0.05) is 34.8 Å². The third-order valence-corrected chi connectivity index (χ3v) is 8.47. The Morgan fingerprint density at radius 2 is 1.58 bits per heavy atom. The number of nitrogens with zero attached hydrogens (tertiary/aromatic N) is 1. The van der Waals surface area contributed by atoms with E-state index in [1.165, 1.54) is 12.1 Å². The van der Waals surface area contributed by atoms with E-state index < -0.39 is 28.0 Å². The molecule has 11 heteroatoms. The van der Waals surface area contributed by atoms with Crippen molar-refractivity contribution in [2.75, 3.05) is 10.6 Å². The number of hydrogen-bond acceptors (Lipinski definition) is 4. The van der Waals surface area contributed by atoms with Crippen LogP contribution in [0.15, 0.2) is 54.6 Å². The first-order valence-electron chi connectivity index (χ1n) is 10.7. The lowest BCUT2D eigenvalue weighted by Crippen LogP contribution is -2.18. The first kappa shape index (κ1) is 25.6. The molecule has 2 N–H and O–H groups in total. The Hall–Kier alpha value is -2.06. The van der Waals surface area contributed by atoms with E-state index in [4.69, 9.17) is 58.0 Å². The van der Waals surface area contributed by atoms with Crippen LogP contribution in [0.3, 0.4) is 0 Å². The normalized spacial score (nSPS) is 18.2. The van der Waals surface area contributed by atoms with Crippen molar-refractivity contribution in [3.05, 3.63) is 85.8 Å². The van der Waals surface area contributed by atoms with Crippen LogP contribution >= 0.6 is 69.3 Å². The summed E-state index contributed by atoms with van der Waals surface area (Å²) in [7, 11) is 0. The number of aryl methyl sites for hydroxylation is 1. The second kappa shape index (κ2) is 9.67. The summed E-state index contributed by atoms with van der Waals surface area (Å²) >= 11 is 32.9. The van der Waals surface area contributed by atoms with Gasteiger partial charge < -0.3 is 10.6 Å². The quantitative estimate of drug-likeness (QED) is 0.227. The number of carbonyl (C=O) groups is 2. The predicted octanol–water partition coefficient (Wildman–Crippen LogP) is 8.34. The molecule has 1 aromatic heterocycles. The SMILES string of the molecule is Cc1nc2cc(NC(=O)c3cc(NC(=O)[C@@H]4[C@@H](c5cc(Cl)cc(Cl)c5)C4(Cl)Cl)ccc3Cl)ccc2s1. The van der Waals surface area contributed by atoms with Crippen LogP contribution in [0.4, 0.5) is 11.4 Å². The lowest BCUT2D eigenvalue weighted by Gasteiger charge is -2.10. The monoisotopic (exact) mass is 597 g/mol. The topological polar surface area (TPSA) is 71.1 Å². The molecule has 1 aliphatic rings. The van der Waals surface area contributed by atoms with Crippen molar-refractivity contribution in [3.63, 3.8) is 0 Å². The highest BCUT2D eigenvalue weighted by Gasteiger charge is 2.67. The van der Waals surface area contributed by atoms with E-state index in [0.717, 1.165) is 15.2 Å². The van der Waals surface area contributed by atoms with Gasteiger partial charge in [-0.05, 0) is 67.1 Å². The van der Waals surface area contributed by atoms with Crippen molar-refractivity contribution in [1.29, 1.82) is 0 Å². The van der Waals surface area contributed by atoms with E-state index in [1.807, 2.05) is 13.0 Å². The first-order chi connectivity index (χ1) is 17.0. The van der Waals surface area contributed by atoms with Gasteiger partial charge >= 0.3 is 0 Å². The zero-order chi connectivity index (χ0) is 25.8. The molecular formula is C25H16Cl5N3O2S. The van der Waals surface area contributed by atoms with Gasteiger partial charge in [0.2, 0.25) is 5.91 Å². The van der Waals surface area contributed by atoms with Crippen molar-refractivity contribution >= 4 is 103 Å². The second-order valence-electron chi connectivity index (χ2n) is 8.39. The van der Waals surface area contributed by atoms with Crippen LogP contribution in [0.1, 0.15) is 26.8 Å². The van der Waals surface area contributed by atoms with E-state index >= 15 is 0 Å². The molecule has 0 spiro atoms. The average Bonchev–Trinajstić information content (AvgIpc) is 3.18. The number of fused-ring (bicyclic) bond motifs is 1. The minimum atomic E-state index is -1.32. The third-order valence-electron chi connectivity index (χ3n) is 5.81. The Balaban J connectivity index is 1.32. The number of benzene rings is 3. The number of anilines is 2. The van der Waals surface area contributed by atoms with Crippen LogP contribution in [0.5, 0.6) is 0 Å². The van der Waals surface area contributed by atoms with Crippen LogP contribution in [-0.2, 0) is 4.79 Å². The summed E-state index contributed by atoms with van der Waals surface area (Å²) in [6.07, 6.45) is 0. The zero-order valence-electron chi connectivity index (χ0n) is 18.4. The van der Waals surface area contributed by atoms with Crippen LogP contribution in [0.2, 0.25) is 15.1 Å². The maximum Gasteiger partial charge on any atom is 0.257 e. The lowest BCUT2D eigenvalue weighted by atomic mass is 10.1. The fraction of sp³-hybridized carbons (Fsp3) is 0.160. The third kappa shape index (κ3) is 5.03. The number of halogens is 5. The van der Waals surface area contributed by atoms with Crippen molar-refractivity contribution in [2.45, 2.75) is 17.2 Å². The predicted molar refractivity (Wildman–Crippen MR) is 150 cm³/mol. The number of thiazole rings is 1. The van der Waals surface area contributed by atoms with E-state index in [-0.39, 0.29) is 10.6 Å². The Morgan fingerprint density at radius 3 is 2.31 bits per heavy atom. The van der Waals surface area contributed by atoms with Crippen molar-refractivity contribution in [2.24, 2.45) is 5.92 Å². The molecule has 36 heavy (non-hydrogen) atoms. The molecule has 1 heterocycles.